The summed E-state index contributed by atoms with van der Waals surface area (Å²) in [6, 6.07) is 18.1. The van der Waals surface area contributed by atoms with Crippen LogP contribution in [-0.2, 0) is 6.54 Å². The van der Waals surface area contributed by atoms with E-state index in [9.17, 15) is 0 Å². The van der Waals surface area contributed by atoms with Crippen molar-refractivity contribution < 1.29 is 0 Å². The topological polar surface area (TPSA) is 12.0 Å². The number of halogens is 1. The molecule has 20 heavy (non-hydrogen) atoms. The molecule has 0 spiro atoms. The van der Waals surface area contributed by atoms with Crippen LogP contribution >= 0.6 is 15.9 Å². The molecular formula is C18H20BrN. The Morgan fingerprint density at radius 1 is 1.05 bits per heavy atom. The Kier molecular flexibility index (Phi) is 4.23. The maximum absolute atomic E-state index is 3.66. The summed E-state index contributed by atoms with van der Waals surface area (Å²) in [4.78, 5) is 0. The molecule has 0 unspecified atom stereocenters. The minimum Gasteiger partial charge on any atom is -0.310 e. The predicted molar refractivity (Wildman–Crippen MR) is 87.9 cm³/mol. The van der Waals surface area contributed by atoms with Gasteiger partial charge in [0.2, 0.25) is 0 Å². The number of hydrogen-bond donors (Lipinski definition) is 1. The van der Waals surface area contributed by atoms with Crippen molar-refractivity contribution in [2.24, 2.45) is 0 Å². The summed E-state index contributed by atoms with van der Waals surface area (Å²) in [7, 11) is 0. The van der Waals surface area contributed by atoms with Gasteiger partial charge in [-0.05, 0) is 42.9 Å². The van der Waals surface area contributed by atoms with Crippen molar-refractivity contribution in [1.82, 2.24) is 5.32 Å². The van der Waals surface area contributed by atoms with E-state index in [2.05, 4.69) is 76.7 Å². The van der Waals surface area contributed by atoms with Crippen LogP contribution in [0.4, 0.5) is 0 Å². The summed E-state index contributed by atoms with van der Waals surface area (Å²) in [6.45, 7) is 3.10. The van der Waals surface area contributed by atoms with Crippen molar-refractivity contribution in [3.05, 3.63) is 69.7 Å². The molecule has 0 radical (unpaired) electrons. The van der Waals surface area contributed by atoms with E-state index in [0.717, 1.165) is 12.5 Å². The largest absolute Gasteiger partial charge is 0.310 e. The van der Waals surface area contributed by atoms with Gasteiger partial charge in [-0.1, -0.05) is 64.0 Å². The third-order valence-electron chi connectivity index (χ3n) is 4.23. The van der Waals surface area contributed by atoms with E-state index in [1.807, 2.05) is 0 Å². The van der Waals surface area contributed by atoms with E-state index in [-0.39, 0.29) is 0 Å². The Labute approximate surface area is 129 Å². The standard InChI is InChI=1S/C18H20BrN/c1-13-6-8-14(9-7-13)16-10-17(11-16)20-12-15-4-2-3-5-18(15)19/h2-9,16-17,20H,10-12H2,1H3. The van der Waals surface area contributed by atoms with Gasteiger partial charge in [-0.2, -0.15) is 0 Å². The van der Waals surface area contributed by atoms with Crippen molar-refractivity contribution in [3.8, 4) is 0 Å². The van der Waals surface area contributed by atoms with E-state index in [4.69, 9.17) is 0 Å². The molecule has 1 N–H and O–H groups in total. The van der Waals surface area contributed by atoms with Crippen LogP contribution < -0.4 is 5.32 Å². The Morgan fingerprint density at radius 3 is 2.45 bits per heavy atom. The third-order valence-corrected chi connectivity index (χ3v) is 5.00. The van der Waals surface area contributed by atoms with Crippen LogP contribution in [0.2, 0.25) is 0 Å². The normalized spacial score (nSPS) is 21.5. The lowest BCUT2D eigenvalue weighted by Gasteiger charge is -2.36. The van der Waals surface area contributed by atoms with Gasteiger partial charge in [0, 0.05) is 17.1 Å². The number of rotatable bonds is 4. The quantitative estimate of drug-likeness (QED) is 0.850. The highest BCUT2D eigenvalue weighted by Crippen LogP contribution is 2.37. The maximum Gasteiger partial charge on any atom is 0.0220 e. The van der Waals surface area contributed by atoms with Gasteiger partial charge < -0.3 is 5.32 Å². The SMILES string of the molecule is Cc1ccc(C2CC(NCc3ccccc3Br)C2)cc1. The van der Waals surface area contributed by atoms with Crippen molar-refractivity contribution in [1.29, 1.82) is 0 Å². The fraction of sp³-hybridized carbons (Fsp3) is 0.333. The summed E-state index contributed by atoms with van der Waals surface area (Å²) >= 11 is 3.60. The molecule has 1 nitrogen and oxygen atoms in total. The number of aryl methyl sites for hydroxylation is 1. The third kappa shape index (κ3) is 3.13. The van der Waals surface area contributed by atoms with E-state index >= 15 is 0 Å². The molecule has 0 heterocycles. The molecule has 0 saturated heterocycles. The Morgan fingerprint density at radius 2 is 1.75 bits per heavy atom. The average Bonchev–Trinajstić information content (AvgIpc) is 2.41. The molecule has 3 rings (SSSR count). The highest BCUT2D eigenvalue weighted by atomic mass is 79.9. The van der Waals surface area contributed by atoms with E-state index in [0.29, 0.717) is 6.04 Å². The van der Waals surface area contributed by atoms with Gasteiger partial charge in [0.15, 0.2) is 0 Å². The van der Waals surface area contributed by atoms with Crippen LogP contribution in [0.15, 0.2) is 53.0 Å². The van der Waals surface area contributed by atoms with Crippen LogP contribution in [0.5, 0.6) is 0 Å². The molecule has 1 aliphatic rings. The van der Waals surface area contributed by atoms with Crippen LogP contribution in [-0.4, -0.2) is 6.04 Å². The molecule has 2 aromatic rings. The summed E-state index contributed by atoms with van der Waals surface area (Å²) in [5.74, 6) is 0.743. The molecule has 0 amide bonds. The summed E-state index contributed by atoms with van der Waals surface area (Å²) in [6.07, 6.45) is 2.51. The lowest BCUT2D eigenvalue weighted by Crippen LogP contribution is -2.39. The van der Waals surface area contributed by atoms with Crippen LogP contribution in [0.1, 0.15) is 35.4 Å². The fourth-order valence-corrected chi connectivity index (χ4v) is 3.22. The number of hydrogen-bond acceptors (Lipinski definition) is 1. The fourth-order valence-electron chi connectivity index (χ4n) is 2.79. The highest BCUT2D eigenvalue weighted by Gasteiger charge is 2.29. The van der Waals surface area contributed by atoms with Crippen molar-refractivity contribution >= 4 is 15.9 Å². The van der Waals surface area contributed by atoms with Gasteiger partial charge in [-0.15, -0.1) is 0 Å². The van der Waals surface area contributed by atoms with Gasteiger partial charge in [0.25, 0.3) is 0 Å². The second kappa shape index (κ2) is 6.11. The van der Waals surface area contributed by atoms with E-state index < -0.39 is 0 Å². The highest BCUT2D eigenvalue weighted by molar-refractivity contribution is 9.10. The maximum atomic E-state index is 3.66. The van der Waals surface area contributed by atoms with Gasteiger partial charge in [0.1, 0.15) is 0 Å². The number of nitrogens with one attached hydrogen (secondary N) is 1. The molecule has 0 aliphatic heterocycles. The van der Waals surface area contributed by atoms with E-state index in [1.54, 1.807) is 0 Å². The zero-order valence-corrected chi connectivity index (χ0v) is 13.4. The minimum atomic E-state index is 0.661. The Bertz CT molecular complexity index is 570. The van der Waals surface area contributed by atoms with Crippen LogP contribution in [0.3, 0.4) is 0 Å². The minimum absolute atomic E-state index is 0.661. The first kappa shape index (κ1) is 13.8. The van der Waals surface area contributed by atoms with Crippen LogP contribution in [0, 0.1) is 6.92 Å². The van der Waals surface area contributed by atoms with Gasteiger partial charge >= 0.3 is 0 Å². The molecule has 1 saturated carbocycles. The Balaban J connectivity index is 1.49. The predicted octanol–water partition coefficient (Wildman–Crippen LogP) is 4.79. The zero-order valence-electron chi connectivity index (χ0n) is 11.8. The molecule has 1 aliphatic carbocycles. The molecule has 104 valence electrons. The lowest BCUT2D eigenvalue weighted by atomic mass is 9.75. The first-order valence-electron chi connectivity index (χ1n) is 7.26. The first-order chi connectivity index (χ1) is 9.72. The summed E-state index contributed by atoms with van der Waals surface area (Å²) in [5, 5.41) is 3.66. The van der Waals surface area contributed by atoms with Crippen molar-refractivity contribution in [2.75, 3.05) is 0 Å². The molecule has 2 heteroatoms. The lowest BCUT2D eigenvalue weighted by molar-refractivity contribution is 0.289. The number of benzene rings is 2. The molecule has 2 aromatic carbocycles. The molecule has 0 atom stereocenters. The molecular weight excluding hydrogens is 310 g/mol. The van der Waals surface area contributed by atoms with E-state index in [1.165, 1.54) is 34.0 Å². The van der Waals surface area contributed by atoms with Crippen LogP contribution in [0.25, 0.3) is 0 Å². The molecule has 0 bridgehead atoms. The average molecular weight is 330 g/mol. The summed E-state index contributed by atoms with van der Waals surface area (Å²) < 4.78 is 1.20. The molecule has 1 fully saturated rings. The van der Waals surface area contributed by atoms with Crippen molar-refractivity contribution in [2.45, 2.75) is 38.3 Å². The second-order valence-corrected chi connectivity index (χ2v) is 6.60. The summed E-state index contributed by atoms with van der Waals surface area (Å²) in [5.41, 5.74) is 4.18. The second-order valence-electron chi connectivity index (χ2n) is 5.75. The van der Waals surface area contributed by atoms with Gasteiger partial charge in [-0.25, -0.2) is 0 Å². The molecule has 0 aromatic heterocycles. The Hall–Kier alpha value is -1.12. The monoisotopic (exact) mass is 329 g/mol. The zero-order chi connectivity index (χ0) is 13.9. The van der Waals surface area contributed by atoms with Gasteiger partial charge in [0.05, 0.1) is 0 Å². The smallest absolute Gasteiger partial charge is 0.0220 e. The first-order valence-corrected chi connectivity index (χ1v) is 8.05. The van der Waals surface area contributed by atoms with Crippen molar-refractivity contribution in [3.63, 3.8) is 0 Å². The van der Waals surface area contributed by atoms with Gasteiger partial charge in [-0.3, -0.25) is 0 Å².